The molecule has 0 aliphatic heterocycles. The van der Waals surface area contributed by atoms with Crippen LogP contribution in [0.3, 0.4) is 0 Å². The van der Waals surface area contributed by atoms with Gasteiger partial charge in [-0.1, -0.05) is 23.4 Å². The summed E-state index contributed by atoms with van der Waals surface area (Å²) in [5.41, 5.74) is 0.915. The zero-order chi connectivity index (χ0) is 18.4. The first-order valence-electron chi connectivity index (χ1n) is 7.54. The van der Waals surface area contributed by atoms with E-state index in [0.717, 1.165) is 5.16 Å². The number of aryl methyl sites for hydroxylation is 1. The molecular formula is C16H20ClN5O2S. The Hall–Kier alpha value is -2.19. The number of thioether (sulfide) groups is 1. The fourth-order valence-corrected chi connectivity index (χ4v) is 3.03. The second-order valence-corrected chi connectivity index (χ2v) is 6.91. The number of carbonyl (C=O) groups excluding carboxylic acids is 2. The van der Waals surface area contributed by atoms with Gasteiger partial charge in [-0.25, -0.2) is 9.78 Å². The summed E-state index contributed by atoms with van der Waals surface area (Å²) in [5, 5.41) is 6.65. The van der Waals surface area contributed by atoms with Gasteiger partial charge in [0.25, 0.3) is 5.91 Å². The minimum absolute atomic E-state index is 0.188. The Bertz CT molecular complexity index is 763. The second kappa shape index (κ2) is 8.77. The molecule has 0 unspecified atom stereocenters. The van der Waals surface area contributed by atoms with Gasteiger partial charge >= 0.3 is 6.03 Å². The Balaban J connectivity index is 1.81. The topological polar surface area (TPSA) is 79.3 Å². The summed E-state index contributed by atoms with van der Waals surface area (Å²) in [4.78, 5) is 29.5. The summed E-state index contributed by atoms with van der Waals surface area (Å²) < 4.78 is 1.92. The van der Waals surface area contributed by atoms with Gasteiger partial charge in [-0.05, 0) is 18.2 Å². The van der Waals surface area contributed by atoms with Gasteiger partial charge in [-0.15, -0.1) is 0 Å². The Labute approximate surface area is 155 Å². The molecule has 9 heteroatoms. The smallest absolute Gasteiger partial charge is 0.319 e. The van der Waals surface area contributed by atoms with Gasteiger partial charge < -0.3 is 20.1 Å². The normalized spacial score (nSPS) is 10.4. The number of nitrogens with one attached hydrogen (secondary N) is 2. The first kappa shape index (κ1) is 19.1. The highest BCUT2D eigenvalue weighted by molar-refractivity contribution is 7.99. The number of nitrogens with zero attached hydrogens (tertiary/aromatic N) is 3. The van der Waals surface area contributed by atoms with Crippen LogP contribution in [0.15, 0.2) is 35.7 Å². The maximum Gasteiger partial charge on any atom is 0.319 e. The van der Waals surface area contributed by atoms with Crippen molar-refractivity contribution in [2.24, 2.45) is 7.05 Å². The maximum atomic E-state index is 11.9. The van der Waals surface area contributed by atoms with Crippen LogP contribution in [0.2, 0.25) is 5.02 Å². The molecule has 0 aliphatic carbocycles. The molecule has 3 amide bonds. The Morgan fingerprint density at radius 2 is 2.12 bits per heavy atom. The summed E-state index contributed by atoms with van der Waals surface area (Å²) in [6.45, 7) is 0.494. The highest BCUT2D eigenvalue weighted by Gasteiger charge is 2.13. The Morgan fingerprint density at radius 3 is 2.72 bits per heavy atom. The predicted molar refractivity (Wildman–Crippen MR) is 100 cm³/mol. The van der Waals surface area contributed by atoms with Gasteiger partial charge in [0.05, 0.1) is 10.6 Å². The van der Waals surface area contributed by atoms with Crippen molar-refractivity contribution in [1.82, 2.24) is 19.8 Å². The average molecular weight is 382 g/mol. The molecule has 0 spiro atoms. The van der Waals surface area contributed by atoms with Crippen LogP contribution in [-0.2, 0) is 7.05 Å². The van der Waals surface area contributed by atoms with Crippen molar-refractivity contribution < 1.29 is 9.59 Å². The zero-order valence-corrected chi connectivity index (χ0v) is 15.8. The lowest BCUT2D eigenvalue weighted by molar-refractivity contribution is 0.0828. The molecule has 0 fully saturated rings. The summed E-state index contributed by atoms with van der Waals surface area (Å²) in [7, 11) is 5.23. The lowest BCUT2D eigenvalue weighted by Crippen LogP contribution is -2.30. The van der Waals surface area contributed by atoms with Crippen LogP contribution in [0.1, 0.15) is 10.4 Å². The van der Waals surface area contributed by atoms with Crippen LogP contribution in [0.4, 0.5) is 10.5 Å². The summed E-state index contributed by atoms with van der Waals surface area (Å²) in [6.07, 6.45) is 3.60. The Kier molecular flexibility index (Phi) is 6.72. The average Bonchev–Trinajstić information content (AvgIpc) is 2.96. The molecule has 25 heavy (non-hydrogen) atoms. The van der Waals surface area contributed by atoms with Crippen LogP contribution in [0.25, 0.3) is 0 Å². The number of carbonyl (C=O) groups is 2. The van der Waals surface area contributed by atoms with E-state index in [9.17, 15) is 9.59 Å². The fourth-order valence-electron chi connectivity index (χ4n) is 1.98. The number of halogens is 1. The van der Waals surface area contributed by atoms with Gasteiger partial charge in [-0.3, -0.25) is 4.79 Å². The van der Waals surface area contributed by atoms with Crippen molar-refractivity contribution in [1.29, 1.82) is 0 Å². The predicted octanol–water partition coefficient (Wildman–Crippen LogP) is 2.69. The largest absolute Gasteiger partial charge is 0.345 e. The number of hydrogen-bond acceptors (Lipinski definition) is 4. The monoisotopic (exact) mass is 381 g/mol. The van der Waals surface area contributed by atoms with E-state index in [4.69, 9.17) is 11.6 Å². The van der Waals surface area contributed by atoms with Crippen LogP contribution in [0.5, 0.6) is 0 Å². The molecule has 1 aromatic heterocycles. The Morgan fingerprint density at radius 1 is 1.36 bits per heavy atom. The highest BCUT2D eigenvalue weighted by atomic mass is 35.5. The number of rotatable bonds is 6. The molecule has 0 saturated heterocycles. The molecule has 1 aromatic carbocycles. The van der Waals surface area contributed by atoms with E-state index < -0.39 is 0 Å². The maximum absolute atomic E-state index is 11.9. The summed E-state index contributed by atoms with van der Waals surface area (Å²) >= 11 is 7.68. The van der Waals surface area contributed by atoms with Crippen molar-refractivity contribution in [2.75, 3.05) is 31.7 Å². The van der Waals surface area contributed by atoms with Crippen molar-refractivity contribution >= 4 is 41.0 Å². The summed E-state index contributed by atoms with van der Waals surface area (Å²) in [6, 6.07) is 4.46. The van der Waals surface area contributed by atoms with Gasteiger partial charge in [0.1, 0.15) is 0 Å². The van der Waals surface area contributed by atoms with Gasteiger partial charge in [-0.2, -0.15) is 0 Å². The molecule has 7 nitrogen and oxygen atoms in total. The number of aromatic nitrogens is 2. The third-order valence-corrected chi connectivity index (χ3v) is 4.63. The van der Waals surface area contributed by atoms with E-state index in [1.54, 1.807) is 50.3 Å². The molecule has 0 atom stereocenters. The SMILES string of the molecule is CN(C)C(=O)c1ccc(NC(=O)NCCSc2nccn2C)cc1Cl. The second-order valence-electron chi connectivity index (χ2n) is 5.44. The molecule has 0 aliphatic rings. The molecule has 0 radical (unpaired) electrons. The number of hydrogen-bond donors (Lipinski definition) is 2. The first-order valence-corrected chi connectivity index (χ1v) is 8.91. The molecule has 0 saturated carbocycles. The van der Waals surface area contributed by atoms with Gasteiger partial charge in [0.2, 0.25) is 0 Å². The third-order valence-electron chi connectivity index (χ3n) is 3.26. The fraction of sp³-hybridized carbons (Fsp3) is 0.312. The number of urea groups is 1. The minimum Gasteiger partial charge on any atom is -0.345 e. The molecule has 2 aromatic rings. The first-order chi connectivity index (χ1) is 11.9. The standard InChI is InChI=1S/C16H20ClN5O2S/c1-21(2)14(23)12-5-4-11(10-13(12)17)20-15(24)18-7-9-25-16-19-6-8-22(16)3/h4-6,8,10H,7,9H2,1-3H3,(H2,18,20,24). The van der Waals surface area contributed by atoms with Crippen molar-refractivity contribution in [3.05, 3.63) is 41.2 Å². The molecule has 134 valence electrons. The molecular weight excluding hydrogens is 362 g/mol. The molecule has 2 rings (SSSR count). The molecule has 2 N–H and O–H groups in total. The quantitative estimate of drug-likeness (QED) is 0.595. The van der Waals surface area contributed by atoms with Crippen LogP contribution >= 0.6 is 23.4 Å². The number of amides is 3. The van der Waals surface area contributed by atoms with Gasteiger partial charge in [0.15, 0.2) is 5.16 Å². The number of imidazole rings is 1. The van der Waals surface area contributed by atoms with Crippen molar-refractivity contribution in [2.45, 2.75) is 5.16 Å². The number of benzene rings is 1. The van der Waals surface area contributed by atoms with Crippen LogP contribution < -0.4 is 10.6 Å². The van der Waals surface area contributed by atoms with E-state index in [1.165, 1.54) is 4.90 Å². The molecule has 1 heterocycles. The van der Waals surface area contributed by atoms with Crippen LogP contribution in [0, 0.1) is 0 Å². The summed E-state index contributed by atoms with van der Waals surface area (Å²) in [5.74, 6) is 0.516. The zero-order valence-electron chi connectivity index (χ0n) is 14.2. The molecule has 0 bridgehead atoms. The van der Waals surface area contributed by atoms with E-state index >= 15 is 0 Å². The number of anilines is 1. The minimum atomic E-state index is -0.330. The van der Waals surface area contributed by atoms with E-state index in [0.29, 0.717) is 28.6 Å². The van der Waals surface area contributed by atoms with Crippen molar-refractivity contribution in [3.63, 3.8) is 0 Å². The van der Waals surface area contributed by atoms with E-state index in [-0.39, 0.29) is 11.9 Å². The highest BCUT2D eigenvalue weighted by Crippen LogP contribution is 2.22. The van der Waals surface area contributed by atoms with E-state index in [2.05, 4.69) is 15.6 Å². The lowest BCUT2D eigenvalue weighted by Gasteiger charge is -2.13. The van der Waals surface area contributed by atoms with Gasteiger partial charge in [0, 0.05) is 51.5 Å². The lowest BCUT2D eigenvalue weighted by atomic mass is 10.2. The van der Waals surface area contributed by atoms with Crippen LogP contribution in [-0.4, -0.2) is 52.8 Å². The van der Waals surface area contributed by atoms with E-state index in [1.807, 2.05) is 17.8 Å². The van der Waals surface area contributed by atoms with Crippen molar-refractivity contribution in [3.8, 4) is 0 Å². The third kappa shape index (κ3) is 5.40.